The first-order chi connectivity index (χ1) is 18.9. The van der Waals surface area contributed by atoms with Crippen LogP contribution in [0, 0.1) is 0 Å². The van der Waals surface area contributed by atoms with Crippen LogP contribution in [0.1, 0.15) is 20.8 Å². The van der Waals surface area contributed by atoms with Gasteiger partial charge < -0.3 is 19.0 Å². The Kier molecular flexibility index (Phi) is 7.95. The van der Waals surface area contributed by atoms with E-state index >= 15 is 0 Å². The van der Waals surface area contributed by atoms with Gasteiger partial charge in [-0.25, -0.2) is 13.4 Å². The first-order valence-electron chi connectivity index (χ1n) is 11.6. The molecule has 2 amide bonds. The molecule has 0 saturated carbocycles. The van der Waals surface area contributed by atoms with Crippen molar-refractivity contribution >= 4 is 39.0 Å². The predicted molar refractivity (Wildman–Crippen MR) is 137 cm³/mol. The highest BCUT2D eigenvalue weighted by Crippen LogP contribution is 2.33. The second kappa shape index (κ2) is 11.2. The Morgan fingerprint density at radius 1 is 1.07 bits per heavy atom. The fourth-order valence-electron chi connectivity index (χ4n) is 3.92. The molecule has 1 N–H and O–H groups in total. The Hall–Kier alpha value is -4.66. The van der Waals surface area contributed by atoms with Crippen molar-refractivity contribution < 1.29 is 40.3 Å². The minimum absolute atomic E-state index is 0.0451. The molecule has 0 spiro atoms. The van der Waals surface area contributed by atoms with Gasteiger partial charge in [0.2, 0.25) is 0 Å². The number of anilines is 1. The standard InChI is InChI=1S/C25H22F3N5O6S/c1-3-21(22-16(2)5-4-8-29-22)40(36,37)31-18-7-6-17(13-20(18)39-25(26,27)28)23(34)32-9-11-33(12-10-32)24(35)19-14-38-15-30-19/h3-8,13-15,31H,1-2,9-12H2/b22-21-. The second-order valence-electron chi connectivity index (χ2n) is 8.40. The zero-order valence-electron chi connectivity index (χ0n) is 20.7. The lowest BCUT2D eigenvalue weighted by atomic mass is 10.1. The summed E-state index contributed by atoms with van der Waals surface area (Å²) in [6.45, 7) is 7.69. The highest BCUT2D eigenvalue weighted by molar-refractivity contribution is 8.01. The number of amides is 2. The molecule has 11 nitrogen and oxygen atoms in total. The predicted octanol–water partition coefficient (Wildman–Crippen LogP) is 1.71. The van der Waals surface area contributed by atoms with Crippen LogP contribution in [0.15, 0.2) is 66.3 Å². The van der Waals surface area contributed by atoms with Crippen molar-refractivity contribution in [1.82, 2.24) is 19.8 Å². The average Bonchev–Trinajstić information content (AvgIpc) is 3.44. The minimum atomic E-state index is -5.19. The highest BCUT2D eigenvalue weighted by atomic mass is 32.2. The van der Waals surface area contributed by atoms with Gasteiger partial charge in [-0.05, 0) is 35.6 Å². The first kappa shape index (κ1) is 28.4. The zero-order valence-corrected chi connectivity index (χ0v) is 21.5. The quantitative estimate of drug-likeness (QED) is 0.449. The number of nitrogens with zero attached hydrogens (tertiary/aromatic N) is 4. The van der Waals surface area contributed by atoms with Crippen LogP contribution in [0.2, 0.25) is 0 Å². The smallest absolute Gasteiger partial charge is 0.451 e. The minimum Gasteiger partial charge on any atom is -0.451 e. The number of aromatic nitrogens is 2. The van der Waals surface area contributed by atoms with E-state index in [-0.39, 0.29) is 53.9 Å². The molecule has 3 aromatic rings. The van der Waals surface area contributed by atoms with E-state index in [1.54, 1.807) is 0 Å². The second-order valence-corrected chi connectivity index (χ2v) is 10.1. The Labute approximate surface area is 225 Å². The fraction of sp³-hybridized carbons (Fsp3) is 0.200. The van der Waals surface area contributed by atoms with E-state index in [0.29, 0.717) is 0 Å². The third-order valence-electron chi connectivity index (χ3n) is 5.80. The Morgan fingerprint density at radius 3 is 2.33 bits per heavy atom. The molecule has 0 unspecified atom stereocenters. The maximum Gasteiger partial charge on any atom is 0.573 e. The third-order valence-corrected chi connectivity index (χ3v) is 7.23. The first-order valence-corrected chi connectivity index (χ1v) is 13.0. The fourth-order valence-corrected chi connectivity index (χ4v) is 5.14. The Morgan fingerprint density at radius 2 is 1.75 bits per heavy atom. The summed E-state index contributed by atoms with van der Waals surface area (Å²) < 4.78 is 76.8. The molecule has 1 aliphatic rings. The van der Waals surface area contributed by atoms with Gasteiger partial charge >= 0.3 is 6.36 Å². The number of hydrogen-bond donors (Lipinski definition) is 1. The molecule has 1 saturated heterocycles. The normalized spacial score (nSPS) is 14.9. The molecule has 1 fully saturated rings. The van der Waals surface area contributed by atoms with Gasteiger partial charge in [0, 0.05) is 37.9 Å². The van der Waals surface area contributed by atoms with Gasteiger partial charge in [0.25, 0.3) is 21.8 Å². The number of nitrogens with one attached hydrogen (secondary N) is 1. The van der Waals surface area contributed by atoms with Crippen molar-refractivity contribution in [2.75, 3.05) is 30.9 Å². The van der Waals surface area contributed by atoms with E-state index in [9.17, 15) is 31.2 Å². The average molecular weight is 578 g/mol. The number of hydrogen-bond acceptors (Lipinski definition) is 8. The number of oxazole rings is 1. The van der Waals surface area contributed by atoms with Crippen LogP contribution < -0.4 is 20.0 Å². The number of ether oxygens (including phenoxy) is 1. The van der Waals surface area contributed by atoms with Crippen LogP contribution >= 0.6 is 0 Å². The van der Waals surface area contributed by atoms with E-state index in [4.69, 9.17) is 4.42 Å². The van der Waals surface area contributed by atoms with Crippen molar-refractivity contribution in [2.24, 2.45) is 0 Å². The largest absolute Gasteiger partial charge is 0.573 e. The van der Waals surface area contributed by atoms with E-state index in [2.05, 4.69) is 32.6 Å². The lowest BCUT2D eigenvalue weighted by Crippen LogP contribution is -2.50. The number of benzene rings is 1. The lowest BCUT2D eigenvalue weighted by Gasteiger charge is -2.34. The summed E-state index contributed by atoms with van der Waals surface area (Å²) in [7, 11) is -4.51. The summed E-state index contributed by atoms with van der Waals surface area (Å²) in [6.07, 6.45) is -0.575. The molecule has 15 heteroatoms. The van der Waals surface area contributed by atoms with Crippen LogP contribution in [0.25, 0.3) is 11.5 Å². The van der Waals surface area contributed by atoms with Gasteiger partial charge in [0.1, 0.15) is 11.2 Å². The molecule has 0 radical (unpaired) electrons. The molecule has 4 rings (SSSR count). The highest BCUT2D eigenvalue weighted by Gasteiger charge is 2.34. The van der Waals surface area contributed by atoms with E-state index in [1.165, 1.54) is 34.4 Å². The van der Waals surface area contributed by atoms with E-state index < -0.39 is 38.6 Å². The Balaban J connectivity index is 1.59. The number of sulfonamides is 1. The summed E-state index contributed by atoms with van der Waals surface area (Å²) in [5.74, 6) is -1.96. The number of rotatable bonds is 7. The summed E-state index contributed by atoms with van der Waals surface area (Å²) in [5.41, 5.74) is -0.646. The molecule has 0 atom stereocenters. The molecular formula is C25H22F3N5O6S. The molecule has 40 heavy (non-hydrogen) atoms. The number of pyridine rings is 1. The maximum absolute atomic E-state index is 13.2. The van der Waals surface area contributed by atoms with Gasteiger partial charge in [0.15, 0.2) is 17.8 Å². The molecule has 1 aliphatic heterocycles. The topological polar surface area (TPSA) is 135 Å². The molecule has 210 valence electrons. The summed E-state index contributed by atoms with van der Waals surface area (Å²) in [4.78, 5) is 35.7. The summed E-state index contributed by atoms with van der Waals surface area (Å²) >= 11 is 0. The van der Waals surface area contributed by atoms with Gasteiger partial charge in [-0.15, -0.1) is 13.2 Å². The number of carbonyl (C=O) groups is 2. The van der Waals surface area contributed by atoms with Gasteiger partial charge in [-0.2, -0.15) is 0 Å². The van der Waals surface area contributed by atoms with Gasteiger partial charge in [-0.3, -0.25) is 19.3 Å². The zero-order chi connectivity index (χ0) is 29.1. The number of alkyl halides is 3. The van der Waals surface area contributed by atoms with Crippen LogP contribution in [-0.2, 0) is 10.0 Å². The molecular weight excluding hydrogens is 555 g/mol. The van der Waals surface area contributed by atoms with Gasteiger partial charge in [-0.1, -0.05) is 19.2 Å². The Bertz CT molecular complexity index is 1650. The number of carbonyl (C=O) groups excluding carboxylic acids is 2. The monoisotopic (exact) mass is 577 g/mol. The summed E-state index contributed by atoms with van der Waals surface area (Å²) in [6, 6.07) is 5.98. The van der Waals surface area contributed by atoms with Crippen LogP contribution in [0.4, 0.5) is 18.9 Å². The molecule has 3 heterocycles. The third kappa shape index (κ3) is 6.31. The maximum atomic E-state index is 13.2. The SMILES string of the molecule is C=C/C(=c1/ncccc1=C)S(=O)(=O)Nc1ccc(C(=O)N2CCN(C(=O)c3cocn3)CC2)cc1OC(F)(F)F. The molecule has 0 bridgehead atoms. The summed E-state index contributed by atoms with van der Waals surface area (Å²) in [5, 5.41) is 0.203. The van der Waals surface area contributed by atoms with Crippen LogP contribution in [0.3, 0.4) is 0 Å². The van der Waals surface area contributed by atoms with Crippen LogP contribution in [0.5, 0.6) is 5.75 Å². The van der Waals surface area contributed by atoms with E-state index in [1.807, 2.05) is 0 Å². The number of piperazine rings is 1. The molecule has 1 aromatic carbocycles. The van der Waals surface area contributed by atoms with Crippen molar-refractivity contribution in [1.29, 1.82) is 0 Å². The van der Waals surface area contributed by atoms with Gasteiger partial charge in [0.05, 0.1) is 11.0 Å². The van der Waals surface area contributed by atoms with Crippen molar-refractivity contribution in [3.8, 4) is 5.75 Å². The molecule has 2 aromatic heterocycles. The van der Waals surface area contributed by atoms with Crippen molar-refractivity contribution in [3.63, 3.8) is 0 Å². The number of halogens is 3. The van der Waals surface area contributed by atoms with E-state index in [0.717, 1.165) is 30.7 Å². The van der Waals surface area contributed by atoms with Crippen molar-refractivity contribution in [2.45, 2.75) is 6.36 Å². The molecule has 0 aliphatic carbocycles. The van der Waals surface area contributed by atoms with Crippen molar-refractivity contribution in [3.05, 3.63) is 83.7 Å². The van der Waals surface area contributed by atoms with Crippen LogP contribution in [-0.4, -0.2) is 72.5 Å². The lowest BCUT2D eigenvalue weighted by molar-refractivity contribution is -0.274.